The fourth-order valence-electron chi connectivity index (χ4n) is 2.23. The molecule has 2 aromatic rings. The molecule has 0 saturated carbocycles. The van der Waals surface area contributed by atoms with Crippen molar-refractivity contribution in [3.8, 4) is 0 Å². The van der Waals surface area contributed by atoms with E-state index in [2.05, 4.69) is 10.6 Å². The molecule has 2 rings (SSSR count). The first kappa shape index (κ1) is 16.5. The fraction of sp³-hybridized carbons (Fsp3) is 0.235. The molecule has 0 aromatic heterocycles. The van der Waals surface area contributed by atoms with Gasteiger partial charge in [-0.2, -0.15) is 0 Å². The van der Waals surface area contributed by atoms with Crippen LogP contribution in [0.25, 0.3) is 0 Å². The van der Waals surface area contributed by atoms with Gasteiger partial charge in [0.1, 0.15) is 0 Å². The predicted molar refractivity (Wildman–Crippen MR) is 90.8 cm³/mol. The Labute approximate surface area is 134 Å². The van der Waals surface area contributed by atoms with Gasteiger partial charge in [-0.15, -0.1) is 0 Å². The van der Waals surface area contributed by atoms with Crippen molar-refractivity contribution in [1.29, 1.82) is 0 Å². The highest BCUT2D eigenvalue weighted by atomic mass is 16.6. The van der Waals surface area contributed by atoms with Crippen LogP contribution in [0.1, 0.15) is 18.1 Å². The SMILES string of the molecule is CCc1ccccc1NC(=O)CNc1cc([N+](=O)[O-])ccc1C. The molecule has 0 fully saturated rings. The number of hydrogen-bond acceptors (Lipinski definition) is 4. The Balaban J connectivity index is 2.02. The van der Waals surface area contributed by atoms with Crippen molar-refractivity contribution < 1.29 is 9.72 Å². The van der Waals surface area contributed by atoms with Crippen molar-refractivity contribution in [3.63, 3.8) is 0 Å². The summed E-state index contributed by atoms with van der Waals surface area (Å²) in [6.07, 6.45) is 0.827. The van der Waals surface area contributed by atoms with Gasteiger partial charge < -0.3 is 10.6 Å². The van der Waals surface area contributed by atoms with Gasteiger partial charge >= 0.3 is 0 Å². The zero-order chi connectivity index (χ0) is 16.8. The molecule has 0 aliphatic heterocycles. The number of rotatable bonds is 6. The average molecular weight is 313 g/mol. The molecular weight excluding hydrogens is 294 g/mol. The fourth-order valence-corrected chi connectivity index (χ4v) is 2.23. The Morgan fingerprint density at radius 3 is 2.61 bits per heavy atom. The minimum Gasteiger partial charge on any atom is -0.376 e. The van der Waals surface area contributed by atoms with Crippen LogP contribution in [0, 0.1) is 17.0 Å². The van der Waals surface area contributed by atoms with Crippen LogP contribution >= 0.6 is 0 Å². The molecule has 0 aliphatic rings. The van der Waals surface area contributed by atoms with Gasteiger partial charge in [-0.1, -0.05) is 31.2 Å². The molecule has 0 aliphatic carbocycles. The molecule has 120 valence electrons. The van der Waals surface area contributed by atoms with Crippen molar-refractivity contribution >= 4 is 23.0 Å². The number of nitrogens with zero attached hydrogens (tertiary/aromatic N) is 1. The van der Waals surface area contributed by atoms with Crippen LogP contribution in [0.5, 0.6) is 0 Å². The minimum atomic E-state index is -0.456. The summed E-state index contributed by atoms with van der Waals surface area (Å²) in [4.78, 5) is 22.4. The summed E-state index contributed by atoms with van der Waals surface area (Å²) >= 11 is 0. The number of amides is 1. The van der Waals surface area contributed by atoms with Crippen molar-refractivity contribution in [2.24, 2.45) is 0 Å². The van der Waals surface area contributed by atoms with Crippen molar-refractivity contribution in [2.45, 2.75) is 20.3 Å². The second-order valence-corrected chi connectivity index (χ2v) is 5.17. The van der Waals surface area contributed by atoms with Crippen molar-refractivity contribution in [2.75, 3.05) is 17.2 Å². The van der Waals surface area contributed by atoms with Gasteiger partial charge in [0.25, 0.3) is 5.69 Å². The van der Waals surface area contributed by atoms with E-state index >= 15 is 0 Å². The Morgan fingerprint density at radius 2 is 1.91 bits per heavy atom. The topological polar surface area (TPSA) is 84.3 Å². The number of carbonyl (C=O) groups excluding carboxylic acids is 1. The second kappa shape index (κ2) is 7.40. The summed E-state index contributed by atoms with van der Waals surface area (Å²) in [5.74, 6) is -0.197. The van der Waals surface area contributed by atoms with E-state index in [0.717, 1.165) is 23.2 Å². The number of carbonyl (C=O) groups is 1. The van der Waals surface area contributed by atoms with E-state index in [1.54, 1.807) is 6.07 Å². The van der Waals surface area contributed by atoms with E-state index in [1.807, 2.05) is 38.1 Å². The maximum Gasteiger partial charge on any atom is 0.271 e. The number of hydrogen-bond donors (Lipinski definition) is 2. The lowest BCUT2D eigenvalue weighted by Crippen LogP contribution is -2.22. The third-order valence-electron chi connectivity index (χ3n) is 3.54. The van der Waals surface area contributed by atoms with Crippen LogP contribution in [0.2, 0.25) is 0 Å². The largest absolute Gasteiger partial charge is 0.376 e. The summed E-state index contributed by atoms with van der Waals surface area (Å²) in [7, 11) is 0. The first-order valence-corrected chi connectivity index (χ1v) is 7.38. The van der Waals surface area contributed by atoms with Gasteiger partial charge in [-0.25, -0.2) is 0 Å². The summed E-state index contributed by atoms with van der Waals surface area (Å²) in [5, 5.41) is 16.6. The molecule has 1 amide bonds. The number of aryl methyl sites for hydroxylation is 2. The monoisotopic (exact) mass is 313 g/mol. The molecule has 2 N–H and O–H groups in total. The second-order valence-electron chi connectivity index (χ2n) is 5.17. The van der Waals surface area contributed by atoms with Crippen LogP contribution in [-0.2, 0) is 11.2 Å². The van der Waals surface area contributed by atoms with Gasteiger partial charge in [0.2, 0.25) is 5.91 Å². The van der Waals surface area contributed by atoms with E-state index in [-0.39, 0.29) is 18.1 Å². The highest BCUT2D eigenvalue weighted by molar-refractivity contribution is 5.94. The Morgan fingerprint density at radius 1 is 1.17 bits per heavy atom. The molecular formula is C17H19N3O3. The van der Waals surface area contributed by atoms with Gasteiger partial charge in [0.05, 0.1) is 11.5 Å². The minimum absolute atomic E-state index is 0.00478. The lowest BCUT2D eigenvalue weighted by atomic mass is 10.1. The van der Waals surface area contributed by atoms with Crippen molar-refractivity contribution in [3.05, 3.63) is 63.7 Å². The molecule has 23 heavy (non-hydrogen) atoms. The van der Waals surface area contributed by atoms with E-state index in [0.29, 0.717) is 5.69 Å². The van der Waals surface area contributed by atoms with Gasteiger partial charge in [-0.3, -0.25) is 14.9 Å². The zero-order valence-electron chi connectivity index (χ0n) is 13.1. The number of non-ortho nitro benzene ring substituents is 1. The Kier molecular flexibility index (Phi) is 5.30. The third kappa shape index (κ3) is 4.29. The maximum atomic E-state index is 12.1. The average Bonchev–Trinajstić information content (AvgIpc) is 2.54. The van der Waals surface area contributed by atoms with E-state index < -0.39 is 4.92 Å². The highest BCUT2D eigenvalue weighted by Crippen LogP contribution is 2.21. The molecule has 0 atom stereocenters. The summed E-state index contributed by atoms with van der Waals surface area (Å²) in [6.45, 7) is 3.89. The number of benzene rings is 2. The molecule has 0 radical (unpaired) electrons. The van der Waals surface area contributed by atoms with Crippen LogP contribution in [0.4, 0.5) is 17.1 Å². The molecule has 0 bridgehead atoms. The van der Waals surface area contributed by atoms with Crippen LogP contribution in [0.15, 0.2) is 42.5 Å². The summed E-state index contributed by atoms with van der Waals surface area (Å²) < 4.78 is 0. The summed E-state index contributed by atoms with van der Waals surface area (Å²) in [6, 6.07) is 12.2. The number of nitro benzene ring substituents is 1. The predicted octanol–water partition coefficient (Wildman–Crippen LogP) is 3.52. The zero-order valence-corrected chi connectivity index (χ0v) is 13.1. The molecule has 0 heterocycles. The number of para-hydroxylation sites is 1. The van der Waals surface area contributed by atoms with Gasteiger partial charge in [-0.05, 0) is 30.5 Å². The quantitative estimate of drug-likeness (QED) is 0.631. The molecule has 0 spiro atoms. The normalized spacial score (nSPS) is 10.2. The van der Waals surface area contributed by atoms with Gasteiger partial charge in [0, 0.05) is 23.5 Å². The van der Waals surface area contributed by atoms with Gasteiger partial charge in [0.15, 0.2) is 0 Å². The molecule has 2 aromatic carbocycles. The van der Waals surface area contributed by atoms with Crippen LogP contribution < -0.4 is 10.6 Å². The Bertz CT molecular complexity index is 729. The van der Waals surface area contributed by atoms with Crippen molar-refractivity contribution in [1.82, 2.24) is 0 Å². The molecule has 6 nitrogen and oxygen atoms in total. The smallest absolute Gasteiger partial charge is 0.271 e. The third-order valence-corrected chi connectivity index (χ3v) is 3.54. The standard InChI is InChI=1S/C17H19N3O3/c1-3-13-6-4-5-7-15(13)19-17(21)11-18-16-10-14(20(22)23)9-8-12(16)2/h4-10,18H,3,11H2,1-2H3,(H,19,21). The number of nitrogens with one attached hydrogen (secondary N) is 2. The van der Waals surface area contributed by atoms with E-state index in [4.69, 9.17) is 0 Å². The first-order chi connectivity index (χ1) is 11.0. The molecule has 6 heteroatoms. The van der Waals surface area contributed by atoms with Crippen LogP contribution in [-0.4, -0.2) is 17.4 Å². The van der Waals surface area contributed by atoms with E-state index in [9.17, 15) is 14.9 Å². The number of nitro groups is 1. The highest BCUT2D eigenvalue weighted by Gasteiger charge is 2.10. The maximum absolute atomic E-state index is 12.1. The first-order valence-electron chi connectivity index (χ1n) is 7.38. The van der Waals surface area contributed by atoms with Crippen LogP contribution in [0.3, 0.4) is 0 Å². The van der Waals surface area contributed by atoms with E-state index in [1.165, 1.54) is 12.1 Å². The molecule has 0 unspecified atom stereocenters. The lowest BCUT2D eigenvalue weighted by molar-refractivity contribution is -0.384. The molecule has 0 saturated heterocycles. The lowest BCUT2D eigenvalue weighted by Gasteiger charge is -2.12. The Hall–Kier alpha value is -2.89. The number of anilines is 2. The summed E-state index contributed by atoms with van der Waals surface area (Å²) in [5.41, 5.74) is 3.27.